The van der Waals surface area contributed by atoms with Gasteiger partial charge in [0.2, 0.25) is 0 Å². The van der Waals surface area contributed by atoms with Crippen molar-refractivity contribution in [1.82, 2.24) is 5.32 Å². The topological polar surface area (TPSA) is 89.5 Å². The fourth-order valence-electron chi connectivity index (χ4n) is 0.847. The summed E-state index contributed by atoms with van der Waals surface area (Å²) in [6.07, 6.45) is 1.29. The van der Waals surface area contributed by atoms with Crippen LogP contribution in [0.5, 0.6) is 0 Å². The van der Waals surface area contributed by atoms with E-state index in [0.717, 1.165) is 0 Å². The zero-order chi connectivity index (χ0) is 10.1. The summed E-state index contributed by atoms with van der Waals surface area (Å²) in [5.74, 6) is -1.86. The summed E-state index contributed by atoms with van der Waals surface area (Å²) in [6, 6.07) is 0. The van der Waals surface area contributed by atoms with Gasteiger partial charge in [0.1, 0.15) is 0 Å². The Kier molecular flexibility index (Phi) is 6.91. The molecule has 0 aliphatic rings. The molecule has 0 aliphatic heterocycles. The van der Waals surface area contributed by atoms with Gasteiger partial charge in [0.05, 0.1) is 0 Å². The Morgan fingerprint density at radius 1 is 1.15 bits per heavy atom. The normalized spacial score (nSPS) is 9.85. The van der Waals surface area contributed by atoms with E-state index in [9.17, 15) is 14.7 Å². The standard InChI is InChI=1S/C8H15NO4/c10-7(11)3-1-5-9-6-2-4-8(12)13/h9H,1-6H2,(H,10,11)(H,12,13)/p-1. The van der Waals surface area contributed by atoms with Crippen molar-refractivity contribution in [3.05, 3.63) is 0 Å². The van der Waals surface area contributed by atoms with E-state index in [4.69, 9.17) is 5.11 Å². The minimum atomic E-state index is -1.05. The highest BCUT2D eigenvalue weighted by atomic mass is 16.4. The molecule has 0 aromatic rings. The van der Waals surface area contributed by atoms with Gasteiger partial charge in [0, 0.05) is 12.4 Å². The second-order valence-electron chi connectivity index (χ2n) is 2.72. The van der Waals surface area contributed by atoms with Crippen LogP contribution in [0, 0.1) is 0 Å². The van der Waals surface area contributed by atoms with Gasteiger partial charge in [-0.25, -0.2) is 0 Å². The fraction of sp³-hybridized carbons (Fsp3) is 0.750. The Morgan fingerprint density at radius 2 is 1.69 bits per heavy atom. The molecule has 0 aromatic carbocycles. The summed E-state index contributed by atoms with van der Waals surface area (Å²) in [7, 11) is 0. The first-order chi connectivity index (χ1) is 6.13. The van der Waals surface area contributed by atoms with Gasteiger partial charge in [-0.3, -0.25) is 4.79 Å². The first-order valence-electron chi connectivity index (χ1n) is 4.25. The summed E-state index contributed by atoms with van der Waals surface area (Å²) >= 11 is 0. The third kappa shape index (κ3) is 10.9. The summed E-state index contributed by atoms with van der Waals surface area (Å²) in [4.78, 5) is 20.0. The maximum atomic E-state index is 10.1. The predicted octanol–water partition coefficient (Wildman–Crippen LogP) is -1.03. The van der Waals surface area contributed by atoms with Crippen molar-refractivity contribution in [2.24, 2.45) is 0 Å². The molecule has 2 N–H and O–H groups in total. The first kappa shape index (κ1) is 11.9. The Morgan fingerprint density at radius 3 is 2.15 bits per heavy atom. The van der Waals surface area contributed by atoms with Crippen LogP contribution in [0.3, 0.4) is 0 Å². The molecule has 0 fully saturated rings. The van der Waals surface area contributed by atoms with E-state index in [-0.39, 0.29) is 12.8 Å². The van der Waals surface area contributed by atoms with Crippen molar-refractivity contribution in [3.63, 3.8) is 0 Å². The van der Waals surface area contributed by atoms with E-state index < -0.39 is 11.9 Å². The highest BCUT2D eigenvalue weighted by Crippen LogP contribution is 1.87. The summed E-state index contributed by atoms with van der Waals surface area (Å²) in [5.41, 5.74) is 0. The minimum absolute atomic E-state index is 0.0476. The van der Waals surface area contributed by atoms with Gasteiger partial charge in [-0.2, -0.15) is 0 Å². The molecule has 0 saturated carbocycles. The zero-order valence-electron chi connectivity index (χ0n) is 7.41. The van der Waals surface area contributed by atoms with Crippen LogP contribution >= 0.6 is 0 Å². The number of carboxylic acid groups (broad SMARTS) is 2. The third-order valence-electron chi connectivity index (χ3n) is 1.48. The minimum Gasteiger partial charge on any atom is -0.550 e. The van der Waals surface area contributed by atoms with Crippen LogP contribution in [0.15, 0.2) is 0 Å². The van der Waals surface area contributed by atoms with Gasteiger partial charge in [-0.05, 0) is 32.4 Å². The second-order valence-corrected chi connectivity index (χ2v) is 2.72. The van der Waals surface area contributed by atoms with Crippen LogP contribution in [-0.2, 0) is 9.59 Å². The van der Waals surface area contributed by atoms with Crippen LogP contribution in [0.1, 0.15) is 25.7 Å². The van der Waals surface area contributed by atoms with Gasteiger partial charge in [0.15, 0.2) is 0 Å². The molecule has 0 bridgehead atoms. The maximum absolute atomic E-state index is 10.1. The highest BCUT2D eigenvalue weighted by molar-refractivity contribution is 5.66. The van der Waals surface area contributed by atoms with E-state index in [0.29, 0.717) is 25.9 Å². The monoisotopic (exact) mass is 188 g/mol. The molecular weight excluding hydrogens is 174 g/mol. The smallest absolute Gasteiger partial charge is 0.303 e. The number of carboxylic acids is 2. The number of carbonyl (C=O) groups excluding carboxylic acids is 1. The van der Waals surface area contributed by atoms with Crippen molar-refractivity contribution in [3.8, 4) is 0 Å². The molecule has 0 spiro atoms. The summed E-state index contributed by atoms with van der Waals surface area (Å²) in [6.45, 7) is 1.20. The van der Waals surface area contributed by atoms with Gasteiger partial charge in [-0.1, -0.05) is 0 Å². The average Bonchev–Trinajstić information content (AvgIpc) is 2.01. The molecule has 13 heavy (non-hydrogen) atoms. The molecule has 0 radical (unpaired) electrons. The second kappa shape index (κ2) is 7.54. The van der Waals surface area contributed by atoms with Gasteiger partial charge >= 0.3 is 5.97 Å². The largest absolute Gasteiger partial charge is 0.550 e. The maximum Gasteiger partial charge on any atom is 0.303 e. The van der Waals surface area contributed by atoms with Crippen LogP contribution in [0.2, 0.25) is 0 Å². The molecule has 76 valence electrons. The Bertz CT molecular complexity index is 152. The number of nitrogens with one attached hydrogen (secondary N) is 1. The molecule has 0 aromatic heterocycles. The lowest BCUT2D eigenvalue weighted by Gasteiger charge is -2.03. The van der Waals surface area contributed by atoms with E-state index >= 15 is 0 Å². The van der Waals surface area contributed by atoms with Crippen molar-refractivity contribution in [2.45, 2.75) is 25.7 Å². The molecule has 0 amide bonds. The summed E-state index contributed by atoms with van der Waals surface area (Å²) < 4.78 is 0. The average molecular weight is 188 g/mol. The molecule has 0 heterocycles. The molecule has 0 unspecified atom stereocenters. The van der Waals surface area contributed by atoms with E-state index in [2.05, 4.69) is 5.32 Å². The quantitative estimate of drug-likeness (QED) is 0.475. The Hall–Kier alpha value is -1.10. The third-order valence-corrected chi connectivity index (χ3v) is 1.48. The molecule has 0 saturated heterocycles. The van der Waals surface area contributed by atoms with E-state index in [1.54, 1.807) is 0 Å². The number of rotatable bonds is 8. The van der Waals surface area contributed by atoms with Gasteiger partial charge < -0.3 is 20.3 Å². The molecule has 5 nitrogen and oxygen atoms in total. The summed E-state index contributed by atoms with van der Waals surface area (Å²) in [5, 5.41) is 21.2. The number of hydrogen-bond acceptors (Lipinski definition) is 4. The molecule has 0 rings (SSSR count). The van der Waals surface area contributed by atoms with Crippen molar-refractivity contribution in [2.75, 3.05) is 13.1 Å². The molecular formula is C8H14NO4-. The first-order valence-corrected chi connectivity index (χ1v) is 4.25. The predicted molar refractivity (Wildman–Crippen MR) is 44.0 cm³/mol. The van der Waals surface area contributed by atoms with Crippen LogP contribution in [0.4, 0.5) is 0 Å². The SMILES string of the molecule is O=C([O-])CCCNCCCC(=O)O. The van der Waals surface area contributed by atoms with Crippen LogP contribution in [0.25, 0.3) is 0 Å². The van der Waals surface area contributed by atoms with Crippen LogP contribution < -0.4 is 10.4 Å². The van der Waals surface area contributed by atoms with Crippen molar-refractivity contribution >= 4 is 11.9 Å². The lowest BCUT2D eigenvalue weighted by Crippen LogP contribution is -2.24. The molecule has 5 heteroatoms. The zero-order valence-corrected chi connectivity index (χ0v) is 7.41. The van der Waals surface area contributed by atoms with E-state index in [1.807, 2.05) is 0 Å². The lowest BCUT2D eigenvalue weighted by atomic mass is 10.3. The van der Waals surface area contributed by atoms with Crippen molar-refractivity contribution in [1.29, 1.82) is 0 Å². The van der Waals surface area contributed by atoms with Gasteiger partial charge in [0.25, 0.3) is 0 Å². The number of aliphatic carboxylic acids is 2. The highest BCUT2D eigenvalue weighted by Gasteiger charge is 1.95. The molecule has 0 atom stereocenters. The number of hydrogen-bond donors (Lipinski definition) is 2. The lowest BCUT2D eigenvalue weighted by molar-refractivity contribution is -0.305. The fourth-order valence-corrected chi connectivity index (χ4v) is 0.847. The van der Waals surface area contributed by atoms with Gasteiger partial charge in [-0.15, -0.1) is 0 Å². The van der Waals surface area contributed by atoms with E-state index in [1.165, 1.54) is 0 Å². The van der Waals surface area contributed by atoms with Crippen molar-refractivity contribution < 1.29 is 19.8 Å². The Labute approximate surface area is 76.8 Å². The Balaban J connectivity index is 3.00. The van der Waals surface area contributed by atoms with Crippen LogP contribution in [-0.4, -0.2) is 30.1 Å². The molecule has 0 aliphatic carbocycles. The number of carbonyl (C=O) groups is 2.